The Morgan fingerprint density at radius 1 is 1.05 bits per heavy atom. The lowest BCUT2D eigenvalue weighted by atomic mass is 9.92. The Bertz CT molecular complexity index is 1310. The van der Waals surface area contributed by atoms with E-state index in [1.807, 2.05) is 48.4 Å². The highest BCUT2D eigenvalue weighted by molar-refractivity contribution is 8.16. The van der Waals surface area contributed by atoms with Gasteiger partial charge in [0, 0.05) is 38.4 Å². The zero-order chi connectivity index (χ0) is 27.4. The van der Waals surface area contributed by atoms with Crippen LogP contribution in [0.4, 0.5) is 0 Å². The van der Waals surface area contributed by atoms with E-state index >= 15 is 0 Å². The number of nitrogens with zero attached hydrogens (tertiary/aromatic N) is 4. The summed E-state index contributed by atoms with van der Waals surface area (Å²) in [6, 6.07) is 18.3. The standard InChI is InChI=1S/C31H36N4O3S/c1-4-26-28(30(37)38-3)29(24-12-8-9-22(2)19-24)35-25(21-39-31(35)32-26)20-27(36)34-17-15-33(16-18-34)14-13-23-10-6-5-7-11-23/h5-12,19,21,29H,4,13-18,20H2,1-3H3. The van der Waals surface area contributed by atoms with Gasteiger partial charge in [0.1, 0.15) is 0 Å². The van der Waals surface area contributed by atoms with E-state index in [-0.39, 0.29) is 24.3 Å². The second-order valence-corrected chi connectivity index (χ2v) is 11.0. The second kappa shape index (κ2) is 12.2. The maximum atomic E-state index is 13.5. The molecule has 3 aliphatic rings. The van der Waals surface area contributed by atoms with Crippen LogP contribution in [0.25, 0.3) is 0 Å². The number of aliphatic imine (C=N–C) groups is 1. The molecule has 1 atom stereocenters. The first-order valence-corrected chi connectivity index (χ1v) is 14.5. The van der Waals surface area contributed by atoms with Crippen molar-refractivity contribution in [1.29, 1.82) is 0 Å². The van der Waals surface area contributed by atoms with Crippen molar-refractivity contribution in [3.05, 3.63) is 93.7 Å². The fourth-order valence-corrected chi connectivity index (χ4v) is 6.42. The van der Waals surface area contributed by atoms with Gasteiger partial charge in [-0.25, -0.2) is 9.79 Å². The van der Waals surface area contributed by atoms with Crippen molar-refractivity contribution in [3.8, 4) is 0 Å². The Morgan fingerprint density at radius 3 is 2.51 bits per heavy atom. The molecular weight excluding hydrogens is 508 g/mol. The van der Waals surface area contributed by atoms with Crippen LogP contribution in [0.1, 0.15) is 42.5 Å². The number of amides is 1. The summed E-state index contributed by atoms with van der Waals surface area (Å²) in [5.74, 6) is -0.269. The third-order valence-electron chi connectivity index (χ3n) is 7.60. The second-order valence-electron chi connectivity index (χ2n) is 10.1. The molecule has 0 aliphatic carbocycles. The van der Waals surface area contributed by atoms with Crippen molar-refractivity contribution in [3.63, 3.8) is 0 Å². The first-order valence-electron chi connectivity index (χ1n) is 13.6. The largest absolute Gasteiger partial charge is 0.466 e. The van der Waals surface area contributed by atoms with Crippen LogP contribution in [-0.4, -0.2) is 71.6 Å². The van der Waals surface area contributed by atoms with Crippen molar-refractivity contribution in [1.82, 2.24) is 14.7 Å². The van der Waals surface area contributed by atoms with Crippen LogP contribution < -0.4 is 0 Å². The number of rotatable bonds is 8. The molecule has 8 heteroatoms. The average Bonchev–Trinajstić information content (AvgIpc) is 3.37. The number of ether oxygens (including phenoxy) is 1. The smallest absolute Gasteiger partial charge is 0.338 e. The van der Waals surface area contributed by atoms with Gasteiger partial charge >= 0.3 is 5.97 Å². The first kappa shape index (κ1) is 27.2. The van der Waals surface area contributed by atoms with E-state index in [0.717, 1.165) is 66.8 Å². The summed E-state index contributed by atoms with van der Waals surface area (Å²) < 4.78 is 5.22. The molecule has 0 aromatic heterocycles. The number of amidine groups is 1. The summed E-state index contributed by atoms with van der Waals surface area (Å²) in [6.45, 7) is 8.26. The molecule has 1 amide bonds. The maximum Gasteiger partial charge on any atom is 0.338 e. The lowest BCUT2D eigenvalue weighted by molar-refractivity contribution is -0.136. The van der Waals surface area contributed by atoms with Gasteiger partial charge < -0.3 is 14.5 Å². The van der Waals surface area contributed by atoms with E-state index in [1.165, 1.54) is 24.4 Å². The van der Waals surface area contributed by atoms with Gasteiger partial charge in [0.25, 0.3) is 0 Å². The number of methoxy groups -OCH3 is 1. The monoisotopic (exact) mass is 544 g/mol. The highest BCUT2D eigenvalue weighted by Crippen LogP contribution is 2.45. The minimum atomic E-state index is -0.385. The Morgan fingerprint density at radius 2 is 1.82 bits per heavy atom. The summed E-state index contributed by atoms with van der Waals surface area (Å²) in [4.78, 5) is 37.9. The van der Waals surface area contributed by atoms with Gasteiger partial charge in [-0.1, -0.05) is 78.8 Å². The number of fused-ring (bicyclic) bond motifs is 1. The predicted octanol–water partition coefficient (Wildman–Crippen LogP) is 4.91. The Hall–Kier alpha value is -3.36. The number of esters is 1. The quantitative estimate of drug-likeness (QED) is 0.440. The molecule has 3 heterocycles. The number of hydrogen-bond acceptors (Lipinski definition) is 7. The molecule has 2 aromatic rings. The molecular formula is C31H36N4O3S. The van der Waals surface area contributed by atoms with Gasteiger partial charge in [0.05, 0.1) is 30.8 Å². The van der Waals surface area contributed by atoms with Gasteiger partial charge in [0.15, 0.2) is 5.17 Å². The van der Waals surface area contributed by atoms with Gasteiger partial charge in [-0.15, -0.1) is 0 Å². The van der Waals surface area contributed by atoms with E-state index in [9.17, 15) is 9.59 Å². The average molecular weight is 545 g/mol. The molecule has 0 radical (unpaired) electrons. The van der Waals surface area contributed by atoms with Crippen molar-refractivity contribution >= 4 is 28.8 Å². The van der Waals surface area contributed by atoms with E-state index in [0.29, 0.717) is 12.0 Å². The molecule has 3 aliphatic heterocycles. The van der Waals surface area contributed by atoms with Gasteiger partial charge in [0.2, 0.25) is 5.91 Å². The topological polar surface area (TPSA) is 65.5 Å². The van der Waals surface area contributed by atoms with Crippen LogP contribution in [0, 0.1) is 6.92 Å². The molecule has 0 bridgehead atoms. The number of thioether (sulfide) groups is 1. The number of hydrogen-bond donors (Lipinski definition) is 0. The molecule has 2 aromatic carbocycles. The van der Waals surface area contributed by atoms with Crippen LogP contribution in [-0.2, 0) is 20.7 Å². The predicted molar refractivity (Wildman–Crippen MR) is 156 cm³/mol. The maximum absolute atomic E-state index is 13.5. The highest BCUT2D eigenvalue weighted by atomic mass is 32.2. The summed E-state index contributed by atoms with van der Waals surface area (Å²) in [6.07, 6.45) is 1.91. The zero-order valence-corrected chi connectivity index (χ0v) is 23.7. The zero-order valence-electron chi connectivity index (χ0n) is 22.9. The molecule has 0 spiro atoms. The van der Waals surface area contributed by atoms with Gasteiger partial charge in [-0.2, -0.15) is 0 Å². The lowest BCUT2D eigenvalue weighted by Gasteiger charge is -2.38. The number of carbonyl (C=O) groups is 2. The minimum absolute atomic E-state index is 0.110. The summed E-state index contributed by atoms with van der Waals surface area (Å²) in [5, 5.41) is 2.82. The van der Waals surface area contributed by atoms with Crippen LogP contribution in [0.3, 0.4) is 0 Å². The van der Waals surface area contributed by atoms with E-state index in [1.54, 1.807) is 0 Å². The van der Waals surface area contributed by atoms with Crippen LogP contribution >= 0.6 is 11.8 Å². The summed E-state index contributed by atoms with van der Waals surface area (Å²) >= 11 is 1.52. The third-order valence-corrected chi connectivity index (χ3v) is 8.49. The third kappa shape index (κ3) is 5.97. The summed E-state index contributed by atoms with van der Waals surface area (Å²) in [5.41, 5.74) is 5.59. The van der Waals surface area contributed by atoms with Crippen molar-refractivity contribution in [2.24, 2.45) is 4.99 Å². The number of carbonyl (C=O) groups excluding carboxylic acids is 2. The fraction of sp³-hybridized carbons (Fsp3) is 0.387. The SMILES string of the molecule is CCC1=C(C(=O)OC)C(c2cccc(C)c2)N2C(CC(=O)N3CCN(CCc4ccccc4)CC3)=CSC2=N1. The molecule has 204 valence electrons. The first-order chi connectivity index (χ1) is 19.0. The molecule has 1 unspecified atom stereocenters. The normalized spacial score (nSPS) is 19.5. The van der Waals surface area contributed by atoms with Gasteiger partial charge in [-0.05, 0) is 36.3 Å². The van der Waals surface area contributed by atoms with Gasteiger partial charge in [-0.3, -0.25) is 9.69 Å². The van der Waals surface area contributed by atoms with Crippen molar-refractivity contribution < 1.29 is 14.3 Å². The highest BCUT2D eigenvalue weighted by Gasteiger charge is 2.41. The number of piperazine rings is 1. The van der Waals surface area contributed by atoms with Crippen molar-refractivity contribution in [2.75, 3.05) is 39.8 Å². The molecule has 39 heavy (non-hydrogen) atoms. The van der Waals surface area contributed by atoms with E-state index < -0.39 is 0 Å². The number of benzene rings is 2. The minimum Gasteiger partial charge on any atom is -0.466 e. The molecule has 1 saturated heterocycles. The Labute approximate surface area is 235 Å². The molecule has 0 saturated carbocycles. The van der Waals surface area contributed by atoms with E-state index in [2.05, 4.69) is 40.1 Å². The molecule has 1 fully saturated rings. The Balaban J connectivity index is 1.29. The van der Waals surface area contributed by atoms with Crippen molar-refractivity contribution in [2.45, 2.75) is 39.2 Å². The van der Waals surface area contributed by atoms with Crippen LogP contribution in [0.5, 0.6) is 0 Å². The fourth-order valence-electron chi connectivity index (χ4n) is 5.49. The van der Waals surface area contributed by atoms with E-state index in [4.69, 9.17) is 9.73 Å². The molecule has 5 rings (SSSR count). The molecule has 7 nitrogen and oxygen atoms in total. The summed E-state index contributed by atoms with van der Waals surface area (Å²) in [7, 11) is 1.41. The Kier molecular flexibility index (Phi) is 8.53. The molecule has 0 N–H and O–H groups in total. The van der Waals surface area contributed by atoms with Crippen LogP contribution in [0.15, 0.2) is 82.0 Å². The van der Waals surface area contributed by atoms with Crippen LogP contribution in [0.2, 0.25) is 0 Å². The lowest BCUT2D eigenvalue weighted by Crippen LogP contribution is -2.49. The number of aryl methyl sites for hydroxylation is 1. The number of allylic oxidation sites excluding steroid dienone is 1.